The van der Waals surface area contributed by atoms with Crippen molar-refractivity contribution in [3.05, 3.63) is 23.8 Å². The van der Waals surface area contributed by atoms with Crippen molar-refractivity contribution in [2.45, 2.75) is 57.8 Å². The molecule has 2 saturated heterocycles. The summed E-state index contributed by atoms with van der Waals surface area (Å²) in [5, 5.41) is 2.95. The van der Waals surface area contributed by atoms with Crippen molar-refractivity contribution in [2.75, 3.05) is 19.6 Å². The zero-order valence-corrected chi connectivity index (χ0v) is 15.0. The van der Waals surface area contributed by atoms with Crippen LogP contribution in [0.15, 0.2) is 12.4 Å². The van der Waals surface area contributed by atoms with Crippen LogP contribution in [0, 0.1) is 18.8 Å². The summed E-state index contributed by atoms with van der Waals surface area (Å²) >= 11 is 0. The first-order chi connectivity index (χ1) is 12.2. The number of nitrogens with one attached hydrogen (secondary N) is 1. The van der Waals surface area contributed by atoms with E-state index in [0.29, 0.717) is 12.5 Å². The SMILES string of the molecule is Cc1cnc(CNC(=O)[C@@H]2C[C@H]3CCN(CC4CCC4)C[C@@H]3O2)cn1. The Morgan fingerprint density at radius 3 is 2.92 bits per heavy atom. The first-order valence-corrected chi connectivity index (χ1v) is 9.60. The van der Waals surface area contributed by atoms with Gasteiger partial charge in [-0.15, -0.1) is 0 Å². The minimum absolute atomic E-state index is 0.0117. The van der Waals surface area contributed by atoms with Gasteiger partial charge in [0, 0.05) is 19.3 Å². The van der Waals surface area contributed by atoms with E-state index in [0.717, 1.165) is 43.2 Å². The Kier molecular flexibility index (Phi) is 4.99. The van der Waals surface area contributed by atoms with Gasteiger partial charge in [0.25, 0.3) is 0 Å². The zero-order chi connectivity index (χ0) is 17.2. The number of carbonyl (C=O) groups excluding carboxylic acids is 1. The summed E-state index contributed by atoms with van der Waals surface area (Å²) in [6.07, 6.45) is 9.53. The molecular formula is C19H28N4O2. The van der Waals surface area contributed by atoms with Gasteiger partial charge in [0.05, 0.1) is 30.2 Å². The highest BCUT2D eigenvalue weighted by molar-refractivity contribution is 5.81. The first-order valence-electron chi connectivity index (χ1n) is 9.60. The van der Waals surface area contributed by atoms with Gasteiger partial charge in [-0.1, -0.05) is 6.42 Å². The number of hydrogen-bond donors (Lipinski definition) is 1. The zero-order valence-electron chi connectivity index (χ0n) is 15.0. The van der Waals surface area contributed by atoms with E-state index < -0.39 is 0 Å². The third-order valence-electron chi connectivity index (χ3n) is 5.95. The predicted molar refractivity (Wildman–Crippen MR) is 93.8 cm³/mol. The van der Waals surface area contributed by atoms with Crippen LogP contribution in [0.5, 0.6) is 0 Å². The van der Waals surface area contributed by atoms with E-state index in [9.17, 15) is 4.79 Å². The smallest absolute Gasteiger partial charge is 0.249 e. The van der Waals surface area contributed by atoms with Gasteiger partial charge in [0.15, 0.2) is 0 Å². The maximum absolute atomic E-state index is 12.4. The second-order valence-corrected chi connectivity index (χ2v) is 7.87. The fourth-order valence-corrected chi connectivity index (χ4v) is 4.17. The highest BCUT2D eigenvalue weighted by atomic mass is 16.5. The normalized spacial score (nSPS) is 29.9. The van der Waals surface area contributed by atoms with E-state index in [1.807, 2.05) is 6.92 Å². The van der Waals surface area contributed by atoms with Crippen LogP contribution in [0.4, 0.5) is 0 Å². The van der Waals surface area contributed by atoms with Gasteiger partial charge in [-0.25, -0.2) is 0 Å². The van der Waals surface area contributed by atoms with Crippen LogP contribution in [0.2, 0.25) is 0 Å². The van der Waals surface area contributed by atoms with Crippen LogP contribution in [0.3, 0.4) is 0 Å². The number of piperidine rings is 1. The van der Waals surface area contributed by atoms with Crippen molar-refractivity contribution in [1.82, 2.24) is 20.2 Å². The number of amides is 1. The van der Waals surface area contributed by atoms with Gasteiger partial charge in [-0.2, -0.15) is 0 Å². The molecule has 25 heavy (non-hydrogen) atoms. The molecule has 3 atom stereocenters. The Morgan fingerprint density at radius 2 is 2.20 bits per heavy atom. The van der Waals surface area contributed by atoms with Crippen molar-refractivity contribution < 1.29 is 9.53 Å². The Balaban J connectivity index is 1.25. The lowest BCUT2D eigenvalue weighted by Crippen LogP contribution is -2.45. The molecule has 3 heterocycles. The maximum Gasteiger partial charge on any atom is 0.249 e. The van der Waals surface area contributed by atoms with Crippen molar-refractivity contribution >= 4 is 5.91 Å². The summed E-state index contributed by atoms with van der Waals surface area (Å²) < 4.78 is 6.11. The number of fused-ring (bicyclic) bond motifs is 1. The molecule has 1 amide bonds. The summed E-state index contributed by atoms with van der Waals surface area (Å²) in [7, 11) is 0. The van der Waals surface area contributed by atoms with Gasteiger partial charge in [0.2, 0.25) is 5.91 Å². The van der Waals surface area contributed by atoms with Crippen molar-refractivity contribution in [2.24, 2.45) is 11.8 Å². The van der Waals surface area contributed by atoms with Crippen LogP contribution >= 0.6 is 0 Å². The van der Waals surface area contributed by atoms with E-state index in [1.165, 1.54) is 25.8 Å². The molecule has 1 saturated carbocycles. The number of nitrogens with zero attached hydrogens (tertiary/aromatic N) is 3. The molecule has 136 valence electrons. The van der Waals surface area contributed by atoms with Crippen molar-refractivity contribution in [3.8, 4) is 0 Å². The van der Waals surface area contributed by atoms with Gasteiger partial charge >= 0.3 is 0 Å². The van der Waals surface area contributed by atoms with E-state index >= 15 is 0 Å². The Morgan fingerprint density at radius 1 is 1.32 bits per heavy atom. The minimum atomic E-state index is -0.308. The lowest BCUT2D eigenvalue weighted by Gasteiger charge is -2.38. The van der Waals surface area contributed by atoms with Crippen LogP contribution < -0.4 is 5.32 Å². The van der Waals surface area contributed by atoms with E-state index in [4.69, 9.17) is 4.74 Å². The predicted octanol–water partition coefficient (Wildman–Crippen LogP) is 1.68. The molecule has 3 fully saturated rings. The Bertz CT molecular complexity index is 602. The molecule has 6 heteroatoms. The third-order valence-corrected chi connectivity index (χ3v) is 5.95. The van der Waals surface area contributed by atoms with Crippen molar-refractivity contribution in [1.29, 1.82) is 0 Å². The molecule has 4 rings (SSSR count). The van der Waals surface area contributed by atoms with Gasteiger partial charge in [-0.05, 0) is 51.0 Å². The van der Waals surface area contributed by atoms with E-state index in [-0.39, 0.29) is 18.1 Å². The standard InChI is InChI=1S/C19H28N4O2/c1-13-8-21-16(9-20-13)10-22-19(24)17-7-15-5-6-23(12-18(15)25-17)11-14-3-2-4-14/h8-9,14-15,17-18H,2-7,10-12H2,1H3,(H,22,24)/t15-,17+,18+/m1/s1. The fourth-order valence-electron chi connectivity index (χ4n) is 4.17. The summed E-state index contributed by atoms with van der Waals surface area (Å²) in [6, 6.07) is 0. The van der Waals surface area contributed by atoms with Gasteiger partial charge in [-0.3, -0.25) is 14.8 Å². The number of ether oxygens (including phenoxy) is 1. The number of carbonyl (C=O) groups is 1. The van der Waals surface area contributed by atoms with Crippen molar-refractivity contribution in [3.63, 3.8) is 0 Å². The number of rotatable bonds is 5. The molecule has 0 unspecified atom stereocenters. The molecule has 1 aliphatic carbocycles. The quantitative estimate of drug-likeness (QED) is 0.880. The summed E-state index contributed by atoms with van der Waals surface area (Å²) in [5.74, 6) is 1.42. The lowest BCUT2D eigenvalue weighted by atomic mass is 9.84. The Hall–Kier alpha value is -1.53. The number of likely N-dealkylation sites (tertiary alicyclic amines) is 1. The monoisotopic (exact) mass is 344 g/mol. The summed E-state index contributed by atoms with van der Waals surface area (Å²) in [6.45, 7) is 5.69. The van der Waals surface area contributed by atoms with Gasteiger partial charge < -0.3 is 15.0 Å². The number of aromatic nitrogens is 2. The molecule has 0 bridgehead atoms. The highest BCUT2D eigenvalue weighted by Crippen LogP contribution is 2.35. The molecule has 6 nitrogen and oxygen atoms in total. The molecule has 1 N–H and O–H groups in total. The van der Waals surface area contributed by atoms with Gasteiger partial charge in [0.1, 0.15) is 6.10 Å². The third kappa shape index (κ3) is 4.01. The minimum Gasteiger partial charge on any atom is -0.364 e. The van der Waals surface area contributed by atoms with E-state index in [2.05, 4.69) is 20.2 Å². The van der Waals surface area contributed by atoms with Crippen LogP contribution in [-0.2, 0) is 16.1 Å². The first kappa shape index (κ1) is 16.9. The molecule has 1 aromatic rings. The van der Waals surface area contributed by atoms with E-state index in [1.54, 1.807) is 12.4 Å². The molecular weight excluding hydrogens is 316 g/mol. The molecule has 0 radical (unpaired) electrons. The molecule has 1 aromatic heterocycles. The number of aryl methyl sites for hydroxylation is 1. The van der Waals surface area contributed by atoms with Crippen LogP contribution in [0.25, 0.3) is 0 Å². The average molecular weight is 344 g/mol. The fraction of sp³-hybridized carbons (Fsp3) is 0.737. The topological polar surface area (TPSA) is 67.4 Å². The molecule has 0 spiro atoms. The average Bonchev–Trinajstić information content (AvgIpc) is 3.01. The molecule has 2 aliphatic heterocycles. The Labute approximate surface area is 149 Å². The summed E-state index contributed by atoms with van der Waals surface area (Å²) in [4.78, 5) is 23.5. The lowest BCUT2D eigenvalue weighted by molar-refractivity contribution is -0.133. The molecule has 0 aromatic carbocycles. The molecule has 3 aliphatic rings. The second kappa shape index (κ2) is 7.38. The second-order valence-electron chi connectivity index (χ2n) is 7.87. The summed E-state index contributed by atoms with van der Waals surface area (Å²) in [5.41, 5.74) is 1.66. The highest BCUT2D eigenvalue weighted by Gasteiger charge is 2.42. The maximum atomic E-state index is 12.4. The van der Waals surface area contributed by atoms with Crippen LogP contribution in [-0.4, -0.2) is 52.6 Å². The van der Waals surface area contributed by atoms with Crippen LogP contribution in [0.1, 0.15) is 43.5 Å². The largest absolute Gasteiger partial charge is 0.364 e. The number of hydrogen-bond acceptors (Lipinski definition) is 5.